The van der Waals surface area contributed by atoms with Crippen molar-refractivity contribution in [2.45, 2.75) is 6.42 Å². The highest BCUT2D eigenvalue weighted by Gasteiger charge is 2.21. The highest BCUT2D eigenvalue weighted by Crippen LogP contribution is 1.97. The third-order valence-corrected chi connectivity index (χ3v) is 2.08. The van der Waals surface area contributed by atoms with E-state index in [1.807, 2.05) is 0 Å². The molecule has 0 radical (unpaired) electrons. The van der Waals surface area contributed by atoms with Crippen molar-refractivity contribution < 1.29 is 26.3 Å². The smallest absolute Gasteiger partial charge is 0.247 e. The minimum atomic E-state index is 0. The molecule has 0 spiro atoms. The molecule has 2 rings (SSSR count). The van der Waals surface area contributed by atoms with Gasteiger partial charge >= 0.3 is 0 Å². The van der Waals surface area contributed by atoms with E-state index in [1.54, 1.807) is 0 Å². The number of amidine groups is 1. The summed E-state index contributed by atoms with van der Waals surface area (Å²) in [6.07, 6.45) is 1.07. The van der Waals surface area contributed by atoms with E-state index in [4.69, 9.17) is 4.74 Å². The highest BCUT2D eigenvalue weighted by molar-refractivity contribution is 5.78. The average molecular weight is 221 g/mol. The number of nitrogens with zero attached hydrogens (tertiary/aromatic N) is 1. The standard InChI is InChI=1S/C7H12N2O.BrH/c1-5-10-6-4-9-3-2-8-7(1)9;/h1-6H2;1H. The fourth-order valence-corrected chi connectivity index (χ4v) is 1.52. The molecule has 0 saturated carbocycles. The third kappa shape index (κ3) is 1.93. The maximum Gasteiger partial charge on any atom is 0.247 e. The van der Waals surface area contributed by atoms with E-state index in [9.17, 15) is 0 Å². The van der Waals surface area contributed by atoms with Crippen LogP contribution >= 0.6 is 0 Å². The fourth-order valence-electron chi connectivity index (χ4n) is 1.52. The largest absolute Gasteiger partial charge is 1.00 e. The van der Waals surface area contributed by atoms with Gasteiger partial charge in [-0.1, -0.05) is 0 Å². The van der Waals surface area contributed by atoms with Crippen LogP contribution in [-0.2, 0) is 4.74 Å². The van der Waals surface area contributed by atoms with Crippen molar-refractivity contribution in [1.29, 1.82) is 0 Å². The molecule has 0 unspecified atom stereocenters. The van der Waals surface area contributed by atoms with Crippen molar-refractivity contribution in [1.82, 2.24) is 5.32 Å². The first-order valence-corrected chi connectivity index (χ1v) is 3.89. The molecule has 0 aliphatic carbocycles. The zero-order valence-electron chi connectivity index (χ0n) is 6.48. The highest BCUT2D eigenvalue weighted by atomic mass is 79.9. The molecule has 0 bridgehead atoms. The van der Waals surface area contributed by atoms with E-state index in [0.29, 0.717) is 0 Å². The number of hydrogen-bond acceptors (Lipinski definition) is 2. The molecule has 0 saturated heterocycles. The van der Waals surface area contributed by atoms with Crippen LogP contribution in [0.4, 0.5) is 0 Å². The molecule has 11 heavy (non-hydrogen) atoms. The van der Waals surface area contributed by atoms with E-state index < -0.39 is 0 Å². The van der Waals surface area contributed by atoms with Gasteiger partial charge in [-0.3, -0.25) is 9.89 Å². The summed E-state index contributed by atoms with van der Waals surface area (Å²) in [6.45, 7) is 5.14. The lowest BCUT2D eigenvalue weighted by atomic mass is 10.4. The van der Waals surface area contributed by atoms with Gasteiger partial charge in [0.25, 0.3) is 0 Å². The normalized spacial score (nSPS) is 23.3. The van der Waals surface area contributed by atoms with E-state index in [2.05, 4.69) is 9.89 Å². The average Bonchev–Trinajstić information content (AvgIpc) is 2.28. The van der Waals surface area contributed by atoms with Crippen LogP contribution < -0.4 is 22.3 Å². The lowest BCUT2D eigenvalue weighted by molar-refractivity contribution is -0.519. The molecule has 0 amide bonds. The Morgan fingerprint density at radius 3 is 3.09 bits per heavy atom. The van der Waals surface area contributed by atoms with Gasteiger partial charge in [0.15, 0.2) is 0 Å². The Bertz CT molecular complexity index is 154. The minimum Gasteiger partial charge on any atom is -1.00 e. The van der Waals surface area contributed by atoms with Crippen LogP contribution in [0.2, 0.25) is 0 Å². The predicted octanol–water partition coefficient (Wildman–Crippen LogP) is -3.58. The van der Waals surface area contributed by atoms with Crippen molar-refractivity contribution >= 4 is 5.84 Å². The van der Waals surface area contributed by atoms with Gasteiger partial charge in [-0.15, -0.1) is 0 Å². The van der Waals surface area contributed by atoms with Crippen LogP contribution in [0.15, 0.2) is 0 Å². The summed E-state index contributed by atoms with van der Waals surface area (Å²) in [5, 5.41) is 3.36. The number of ether oxygens (including phenoxy) is 1. The molecule has 64 valence electrons. The number of nitrogens with one attached hydrogen (secondary N) is 1. The van der Waals surface area contributed by atoms with Gasteiger partial charge in [0.2, 0.25) is 5.84 Å². The van der Waals surface area contributed by atoms with Crippen LogP contribution in [0, 0.1) is 0 Å². The maximum absolute atomic E-state index is 5.33. The Balaban J connectivity index is 0.000000605. The molecule has 0 aromatic heterocycles. The number of halogens is 1. The molecular formula is C7H13BrN2O. The van der Waals surface area contributed by atoms with Crippen molar-refractivity contribution in [3.05, 3.63) is 0 Å². The Morgan fingerprint density at radius 2 is 2.18 bits per heavy atom. The SMILES string of the molecule is C1C[N+]2=C(CCOCC2)N1.[Br-]. The summed E-state index contributed by atoms with van der Waals surface area (Å²) < 4.78 is 7.71. The third-order valence-electron chi connectivity index (χ3n) is 2.08. The van der Waals surface area contributed by atoms with Gasteiger partial charge in [-0.25, -0.2) is 0 Å². The lowest BCUT2D eigenvalue weighted by Gasteiger charge is -1.96. The van der Waals surface area contributed by atoms with Crippen LogP contribution in [0.5, 0.6) is 0 Å². The molecule has 2 aliphatic heterocycles. The summed E-state index contributed by atoms with van der Waals surface area (Å²) in [4.78, 5) is 0. The monoisotopic (exact) mass is 220 g/mol. The first-order chi connectivity index (χ1) is 4.97. The molecule has 2 heterocycles. The fraction of sp³-hybridized carbons (Fsp3) is 0.857. The van der Waals surface area contributed by atoms with E-state index in [-0.39, 0.29) is 17.0 Å². The summed E-state index contributed by atoms with van der Waals surface area (Å²) >= 11 is 0. The van der Waals surface area contributed by atoms with Crippen molar-refractivity contribution in [3.8, 4) is 0 Å². The first kappa shape index (κ1) is 9.00. The number of rotatable bonds is 0. The van der Waals surface area contributed by atoms with Crippen molar-refractivity contribution in [2.75, 3.05) is 32.8 Å². The van der Waals surface area contributed by atoms with Crippen LogP contribution in [0.25, 0.3) is 0 Å². The zero-order chi connectivity index (χ0) is 6.81. The van der Waals surface area contributed by atoms with E-state index in [0.717, 1.165) is 32.7 Å². The van der Waals surface area contributed by atoms with Crippen molar-refractivity contribution in [2.24, 2.45) is 0 Å². The molecule has 0 fully saturated rings. The first-order valence-electron chi connectivity index (χ1n) is 3.89. The quantitative estimate of drug-likeness (QED) is 0.428. The van der Waals surface area contributed by atoms with E-state index in [1.165, 1.54) is 12.4 Å². The van der Waals surface area contributed by atoms with Gasteiger partial charge in [-0.05, 0) is 0 Å². The van der Waals surface area contributed by atoms with Crippen LogP contribution in [0.3, 0.4) is 0 Å². The molecule has 0 atom stereocenters. The Hall–Kier alpha value is -0.0900. The minimum absolute atomic E-state index is 0. The predicted molar refractivity (Wildman–Crippen MR) is 38.4 cm³/mol. The number of hydrogen-bond donors (Lipinski definition) is 1. The Kier molecular flexibility index (Phi) is 3.33. The molecule has 2 aliphatic rings. The Morgan fingerprint density at radius 1 is 1.27 bits per heavy atom. The molecular weight excluding hydrogens is 208 g/mol. The van der Waals surface area contributed by atoms with Crippen LogP contribution in [-0.4, -0.2) is 43.3 Å². The van der Waals surface area contributed by atoms with E-state index >= 15 is 0 Å². The summed E-state index contributed by atoms with van der Waals surface area (Å²) in [7, 11) is 0. The van der Waals surface area contributed by atoms with Gasteiger partial charge in [0.05, 0.1) is 19.6 Å². The second-order valence-electron chi connectivity index (χ2n) is 2.72. The Labute approximate surface area is 77.2 Å². The van der Waals surface area contributed by atoms with Crippen molar-refractivity contribution in [3.63, 3.8) is 0 Å². The van der Waals surface area contributed by atoms with Crippen LogP contribution in [0.1, 0.15) is 6.42 Å². The maximum atomic E-state index is 5.33. The molecule has 3 nitrogen and oxygen atoms in total. The second-order valence-corrected chi connectivity index (χ2v) is 2.72. The topological polar surface area (TPSA) is 24.3 Å². The van der Waals surface area contributed by atoms with Gasteiger partial charge in [0.1, 0.15) is 19.6 Å². The second kappa shape index (κ2) is 4.07. The van der Waals surface area contributed by atoms with Gasteiger partial charge < -0.3 is 21.7 Å². The molecule has 1 N–H and O–H groups in total. The molecule has 0 aromatic carbocycles. The van der Waals surface area contributed by atoms with Gasteiger partial charge in [0, 0.05) is 0 Å². The summed E-state index contributed by atoms with van der Waals surface area (Å²) in [5.74, 6) is 1.39. The zero-order valence-corrected chi connectivity index (χ0v) is 8.06. The van der Waals surface area contributed by atoms with Gasteiger partial charge in [-0.2, -0.15) is 0 Å². The molecule has 0 aromatic rings. The lowest BCUT2D eigenvalue weighted by Crippen LogP contribution is -3.00. The summed E-state index contributed by atoms with van der Waals surface area (Å²) in [5.41, 5.74) is 0. The summed E-state index contributed by atoms with van der Waals surface area (Å²) in [6, 6.07) is 0. The molecule has 4 heteroatoms.